The van der Waals surface area contributed by atoms with Crippen LogP contribution in [-0.2, 0) is 26.2 Å². The fourth-order valence-corrected chi connectivity index (χ4v) is 5.63. The van der Waals surface area contributed by atoms with Crippen molar-refractivity contribution in [1.82, 2.24) is 19.9 Å². The maximum Gasteiger partial charge on any atom is 0.127 e. The highest BCUT2D eigenvalue weighted by Gasteiger charge is 2.05. The van der Waals surface area contributed by atoms with Gasteiger partial charge >= 0.3 is 0 Å². The second-order valence-electron chi connectivity index (χ2n) is 12.4. The predicted octanol–water partition coefficient (Wildman–Crippen LogP) is 9.51. The van der Waals surface area contributed by atoms with Gasteiger partial charge in [0.25, 0.3) is 0 Å². The number of pyridine rings is 4. The van der Waals surface area contributed by atoms with Crippen LogP contribution < -0.4 is 21.3 Å². The lowest BCUT2D eigenvalue weighted by atomic mass is 10.1. The maximum atomic E-state index is 5.57. The molecule has 6 aromatic heterocycles. The van der Waals surface area contributed by atoms with E-state index in [1.54, 1.807) is 12.4 Å². The smallest absolute Gasteiger partial charge is 0.127 e. The minimum atomic E-state index is 0.624. The molecule has 0 amide bonds. The molecule has 8 aromatic rings. The molecular weight excluding hydrogens is 649 g/mol. The van der Waals surface area contributed by atoms with Crippen molar-refractivity contribution in [3.05, 3.63) is 168 Å². The molecular formula is C42H40N8O2. The van der Waals surface area contributed by atoms with Gasteiger partial charge in [-0.2, -0.15) is 0 Å². The Balaban J connectivity index is 0.000000162. The van der Waals surface area contributed by atoms with Crippen LogP contribution in [0.4, 0.5) is 23.0 Å². The number of benzene rings is 2. The number of nitrogens with one attached hydrogen (secondary N) is 4. The normalized spacial score (nSPS) is 10.8. The van der Waals surface area contributed by atoms with Crippen molar-refractivity contribution in [1.29, 1.82) is 0 Å². The topological polar surface area (TPSA) is 126 Å². The van der Waals surface area contributed by atoms with Crippen molar-refractivity contribution in [2.24, 2.45) is 0 Å². The zero-order valence-electron chi connectivity index (χ0n) is 29.1. The minimum Gasteiger partial charge on any atom is -0.465 e. The summed E-state index contributed by atoms with van der Waals surface area (Å²) in [5.74, 6) is 5.32. The molecule has 10 heteroatoms. The Labute approximate surface area is 302 Å². The molecule has 52 heavy (non-hydrogen) atoms. The molecule has 0 aliphatic carbocycles. The third-order valence-electron chi connectivity index (χ3n) is 8.30. The van der Waals surface area contributed by atoms with Gasteiger partial charge in [0.15, 0.2) is 0 Å². The van der Waals surface area contributed by atoms with Gasteiger partial charge in [-0.05, 0) is 122 Å². The summed E-state index contributed by atoms with van der Waals surface area (Å²) in [4.78, 5) is 17.6. The monoisotopic (exact) mass is 688 g/mol. The Morgan fingerprint density at radius 2 is 0.962 bits per heavy atom. The van der Waals surface area contributed by atoms with E-state index in [2.05, 4.69) is 89.7 Å². The van der Waals surface area contributed by atoms with E-state index >= 15 is 0 Å². The molecule has 0 bridgehead atoms. The lowest BCUT2D eigenvalue weighted by Crippen LogP contribution is -2.01. The van der Waals surface area contributed by atoms with E-state index in [0.717, 1.165) is 80.9 Å². The van der Waals surface area contributed by atoms with Crippen LogP contribution in [0.3, 0.4) is 0 Å². The molecule has 0 aliphatic heterocycles. The SMILES string of the molecule is Cc1ccc(CNc2ccc3cc(CNc4cccnc4)ccc3n2)o1.Cc1ccc(CNc2ccc3cc(CNc4cccnc4)ccc3n2)o1. The van der Waals surface area contributed by atoms with Crippen molar-refractivity contribution in [2.45, 2.75) is 40.0 Å². The largest absolute Gasteiger partial charge is 0.465 e. The van der Waals surface area contributed by atoms with Gasteiger partial charge in [0, 0.05) is 48.6 Å². The van der Waals surface area contributed by atoms with E-state index in [4.69, 9.17) is 8.83 Å². The van der Waals surface area contributed by atoms with Crippen LogP contribution in [0.1, 0.15) is 34.2 Å². The van der Waals surface area contributed by atoms with Gasteiger partial charge in [0.1, 0.15) is 34.7 Å². The number of nitrogens with zero attached hydrogens (tertiary/aromatic N) is 4. The number of anilines is 4. The van der Waals surface area contributed by atoms with E-state index in [1.807, 2.05) is 86.9 Å². The van der Waals surface area contributed by atoms with Gasteiger partial charge in [0.2, 0.25) is 0 Å². The van der Waals surface area contributed by atoms with E-state index in [0.29, 0.717) is 13.1 Å². The number of hydrogen-bond acceptors (Lipinski definition) is 10. The Morgan fingerprint density at radius 3 is 1.37 bits per heavy atom. The number of rotatable bonds is 12. The van der Waals surface area contributed by atoms with Gasteiger partial charge in [-0.25, -0.2) is 9.97 Å². The van der Waals surface area contributed by atoms with Gasteiger partial charge in [-0.3, -0.25) is 9.97 Å². The van der Waals surface area contributed by atoms with Crippen LogP contribution in [0.2, 0.25) is 0 Å². The summed E-state index contributed by atoms with van der Waals surface area (Å²) in [6.07, 6.45) is 7.18. The summed E-state index contributed by atoms with van der Waals surface area (Å²) in [6, 6.07) is 36.5. The van der Waals surface area contributed by atoms with Crippen LogP contribution in [0.5, 0.6) is 0 Å². The van der Waals surface area contributed by atoms with Crippen molar-refractivity contribution in [2.75, 3.05) is 21.3 Å². The number of fused-ring (bicyclic) bond motifs is 2. The van der Waals surface area contributed by atoms with Crippen LogP contribution in [0.15, 0.2) is 143 Å². The maximum absolute atomic E-state index is 5.57. The van der Waals surface area contributed by atoms with E-state index in [9.17, 15) is 0 Å². The van der Waals surface area contributed by atoms with E-state index in [1.165, 1.54) is 11.1 Å². The molecule has 4 N–H and O–H groups in total. The number of aryl methyl sites for hydroxylation is 2. The fourth-order valence-electron chi connectivity index (χ4n) is 5.63. The molecule has 0 spiro atoms. The molecule has 260 valence electrons. The van der Waals surface area contributed by atoms with Crippen LogP contribution >= 0.6 is 0 Å². The van der Waals surface area contributed by atoms with Crippen molar-refractivity contribution >= 4 is 44.8 Å². The minimum absolute atomic E-state index is 0.624. The van der Waals surface area contributed by atoms with Crippen LogP contribution in [-0.4, -0.2) is 19.9 Å². The Morgan fingerprint density at radius 1 is 0.481 bits per heavy atom. The highest BCUT2D eigenvalue weighted by molar-refractivity contribution is 5.82. The molecule has 6 heterocycles. The molecule has 0 radical (unpaired) electrons. The first-order chi connectivity index (χ1) is 25.5. The molecule has 0 fully saturated rings. The number of furan rings is 2. The molecule has 0 atom stereocenters. The molecule has 10 nitrogen and oxygen atoms in total. The molecule has 0 saturated heterocycles. The Bertz CT molecular complexity index is 2190. The lowest BCUT2D eigenvalue weighted by Gasteiger charge is -2.08. The third kappa shape index (κ3) is 9.30. The zero-order valence-corrected chi connectivity index (χ0v) is 29.1. The van der Waals surface area contributed by atoms with Crippen molar-refractivity contribution < 1.29 is 8.83 Å². The first-order valence-electron chi connectivity index (χ1n) is 17.2. The third-order valence-corrected chi connectivity index (χ3v) is 8.30. The summed E-state index contributed by atoms with van der Waals surface area (Å²) in [6.45, 7) is 6.63. The summed E-state index contributed by atoms with van der Waals surface area (Å²) >= 11 is 0. The Hall–Kier alpha value is -6.68. The van der Waals surface area contributed by atoms with Crippen molar-refractivity contribution in [3.8, 4) is 0 Å². The van der Waals surface area contributed by atoms with Gasteiger partial charge in [0.05, 0.1) is 35.5 Å². The second-order valence-corrected chi connectivity index (χ2v) is 12.4. The van der Waals surface area contributed by atoms with Crippen LogP contribution in [0.25, 0.3) is 21.8 Å². The predicted molar refractivity (Wildman–Crippen MR) is 208 cm³/mol. The standard InChI is InChI=1S/2C21H20N4O/c2*1-15-4-7-19(26-15)14-24-21-9-6-17-11-16(5-8-20(17)25-21)12-23-18-3-2-10-22-13-18/h2*2-11,13,23H,12,14H2,1H3,(H,24,25). The van der Waals surface area contributed by atoms with Crippen LogP contribution in [0, 0.1) is 13.8 Å². The first-order valence-corrected chi connectivity index (χ1v) is 17.2. The van der Waals surface area contributed by atoms with E-state index in [-0.39, 0.29) is 0 Å². The average Bonchev–Trinajstić information content (AvgIpc) is 3.82. The summed E-state index contributed by atoms with van der Waals surface area (Å²) < 4.78 is 11.1. The molecule has 2 aromatic carbocycles. The van der Waals surface area contributed by atoms with Gasteiger partial charge in [-0.15, -0.1) is 0 Å². The highest BCUT2D eigenvalue weighted by atomic mass is 16.3. The molecule has 0 saturated carbocycles. The average molecular weight is 689 g/mol. The molecule has 8 rings (SSSR count). The Kier molecular flexibility index (Phi) is 10.6. The fraction of sp³-hybridized carbons (Fsp3) is 0.143. The quantitative estimate of drug-likeness (QED) is 0.0986. The summed E-state index contributed by atoms with van der Waals surface area (Å²) in [5.41, 5.74) is 6.37. The van der Waals surface area contributed by atoms with Gasteiger partial charge < -0.3 is 30.1 Å². The van der Waals surface area contributed by atoms with Crippen molar-refractivity contribution in [3.63, 3.8) is 0 Å². The number of hydrogen-bond donors (Lipinski definition) is 4. The highest BCUT2D eigenvalue weighted by Crippen LogP contribution is 2.21. The molecule has 0 unspecified atom stereocenters. The van der Waals surface area contributed by atoms with Gasteiger partial charge in [-0.1, -0.05) is 12.1 Å². The number of aromatic nitrogens is 4. The summed E-state index contributed by atoms with van der Waals surface area (Å²) in [7, 11) is 0. The first kappa shape index (κ1) is 33.8. The van der Waals surface area contributed by atoms with E-state index < -0.39 is 0 Å². The molecule has 0 aliphatic rings. The summed E-state index contributed by atoms with van der Waals surface area (Å²) in [5, 5.41) is 15.6. The lowest BCUT2D eigenvalue weighted by molar-refractivity contribution is 0.490. The zero-order chi connectivity index (χ0) is 35.5. The second kappa shape index (κ2) is 16.4.